The van der Waals surface area contributed by atoms with Crippen LogP contribution in [0.4, 0.5) is 0 Å². The zero-order chi connectivity index (χ0) is 14.9. The van der Waals surface area contributed by atoms with Crippen LogP contribution in [-0.2, 0) is 6.54 Å². The highest BCUT2D eigenvalue weighted by atomic mass is 16.3. The average molecular weight is 284 g/mol. The second kappa shape index (κ2) is 5.43. The summed E-state index contributed by atoms with van der Waals surface area (Å²) in [4.78, 5) is 24.0. The molecule has 0 radical (unpaired) electrons. The van der Waals surface area contributed by atoms with Gasteiger partial charge in [-0.2, -0.15) is 4.91 Å². The van der Waals surface area contributed by atoms with E-state index in [-0.39, 0.29) is 5.56 Å². The Morgan fingerprint density at radius 3 is 2.62 bits per heavy atom. The van der Waals surface area contributed by atoms with Crippen molar-refractivity contribution in [1.82, 2.24) is 4.57 Å². The van der Waals surface area contributed by atoms with Crippen molar-refractivity contribution in [3.05, 3.63) is 51.3 Å². The summed E-state index contributed by atoms with van der Waals surface area (Å²) >= 11 is 0. The normalized spacial score (nSPS) is 17.8. The predicted molar refractivity (Wildman–Crippen MR) is 84.6 cm³/mol. The summed E-state index contributed by atoms with van der Waals surface area (Å²) in [5.41, 5.74) is 0.474. The van der Waals surface area contributed by atoms with E-state index in [1.165, 1.54) is 0 Å². The van der Waals surface area contributed by atoms with Gasteiger partial charge in [0.05, 0.1) is 6.54 Å². The van der Waals surface area contributed by atoms with Gasteiger partial charge in [-0.05, 0) is 42.8 Å². The lowest BCUT2D eigenvalue weighted by Gasteiger charge is -2.30. The van der Waals surface area contributed by atoms with Crippen LogP contribution in [-0.4, -0.2) is 10.1 Å². The van der Waals surface area contributed by atoms with Crippen LogP contribution >= 0.6 is 0 Å². The Labute approximate surface area is 123 Å². The molecule has 4 heteroatoms. The minimum Gasteiger partial charge on any atom is -0.312 e. The van der Waals surface area contributed by atoms with Gasteiger partial charge in [0, 0.05) is 11.6 Å². The molecule has 1 aromatic carbocycles. The molecule has 3 rings (SSSR count). The summed E-state index contributed by atoms with van der Waals surface area (Å²) in [6, 6.07) is 7.72. The second-order valence-corrected chi connectivity index (χ2v) is 6.16. The molecule has 0 amide bonds. The number of fused-ring (bicyclic) bond motifs is 1. The molecule has 0 atom stereocenters. The van der Waals surface area contributed by atoms with E-state index in [9.17, 15) is 9.70 Å². The highest BCUT2D eigenvalue weighted by Crippen LogP contribution is 2.32. The van der Waals surface area contributed by atoms with Crippen LogP contribution in [0.1, 0.15) is 37.7 Å². The Kier molecular flexibility index (Phi) is 3.62. The lowest BCUT2D eigenvalue weighted by atomic mass is 9.82. The highest BCUT2D eigenvalue weighted by molar-refractivity contribution is 5.84. The molecule has 4 nitrogen and oxygen atoms in total. The van der Waals surface area contributed by atoms with Gasteiger partial charge in [0.15, 0.2) is 0 Å². The Hall–Kier alpha value is -1.97. The number of aromatic nitrogens is 1. The van der Waals surface area contributed by atoms with E-state index in [0.29, 0.717) is 11.9 Å². The van der Waals surface area contributed by atoms with Crippen LogP contribution in [0.2, 0.25) is 0 Å². The van der Waals surface area contributed by atoms with Gasteiger partial charge in [-0.1, -0.05) is 36.6 Å². The first-order valence-corrected chi connectivity index (χ1v) is 7.59. The van der Waals surface area contributed by atoms with E-state index < -0.39 is 5.54 Å². The highest BCUT2D eigenvalue weighted by Gasteiger charge is 2.34. The molecule has 1 aromatic heterocycles. The number of nitroso groups, excluding NO2 is 1. The molecular weight excluding hydrogens is 264 g/mol. The van der Waals surface area contributed by atoms with Crippen molar-refractivity contribution in [2.45, 2.75) is 51.1 Å². The van der Waals surface area contributed by atoms with Crippen LogP contribution in [0.5, 0.6) is 0 Å². The molecule has 2 aromatic rings. The standard InChI is InChI=1S/C17H20N2O2/c1-13-6-5-7-15-14(13)8-11-19(16(15)20)12-17(18-21)9-3-2-4-10-17/h5-8,11H,2-4,9-10,12H2,1H3. The van der Waals surface area contributed by atoms with E-state index >= 15 is 0 Å². The minimum absolute atomic E-state index is 0.0233. The van der Waals surface area contributed by atoms with Gasteiger partial charge in [0.2, 0.25) is 0 Å². The van der Waals surface area contributed by atoms with E-state index in [2.05, 4.69) is 5.18 Å². The van der Waals surface area contributed by atoms with Gasteiger partial charge in [-0.25, -0.2) is 0 Å². The van der Waals surface area contributed by atoms with Gasteiger partial charge in [-0.15, -0.1) is 0 Å². The number of nitrogens with zero attached hydrogens (tertiary/aromatic N) is 2. The fraction of sp³-hybridized carbons (Fsp3) is 0.471. The summed E-state index contributed by atoms with van der Waals surface area (Å²) in [6.07, 6.45) is 6.58. The number of rotatable bonds is 3. The monoisotopic (exact) mass is 284 g/mol. The van der Waals surface area contributed by atoms with Crippen molar-refractivity contribution in [2.24, 2.45) is 5.18 Å². The summed E-state index contributed by atoms with van der Waals surface area (Å²) in [5.74, 6) is 0. The zero-order valence-electron chi connectivity index (χ0n) is 12.3. The quantitative estimate of drug-likeness (QED) is 0.805. The molecule has 110 valence electrons. The first-order valence-electron chi connectivity index (χ1n) is 7.59. The molecule has 1 heterocycles. The molecule has 0 unspecified atom stereocenters. The molecule has 0 spiro atoms. The van der Waals surface area contributed by atoms with Crippen LogP contribution in [0.3, 0.4) is 0 Å². The molecule has 1 fully saturated rings. The summed E-state index contributed by atoms with van der Waals surface area (Å²) in [6.45, 7) is 2.40. The van der Waals surface area contributed by atoms with Crippen molar-refractivity contribution < 1.29 is 0 Å². The number of hydrogen-bond donors (Lipinski definition) is 0. The van der Waals surface area contributed by atoms with Crippen LogP contribution in [0.25, 0.3) is 10.8 Å². The summed E-state index contributed by atoms with van der Waals surface area (Å²) < 4.78 is 1.66. The van der Waals surface area contributed by atoms with E-state index in [1.807, 2.05) is 31.2 Å². The molecular formula is C17H20N2O2. The van der Waals surface area contributed by atoms with Crippen molar-refractivity contribution in [3.63, 3.8) is 0 Å². The molecule has 1 aliphatic carbocycles. The van der Waals surface area contributed by atoms with Crippen LogP contribution < -0.4 is 5.56 Å². The lowest BCUT2D eigenvalue weighted by molar-refractivity contribution is 0.259. The van der Waals surface area contributed by atoms with E-state index in [4.69, 9.17) is 0 Å². The van der Waals surface area contributed by atoms with Crippen molar-refractivity contribution >= 4 is 10.8 Å². The topological polar surface area (TPSA) is 51.4 Å². The smallest absolute Gasteiger partial charge is 0.258 e. The van der Waals surface area contributed by atoms with E-state index in [0.717, 1.165) is 43.1 Å². The average Bonchev–Trinajstić information content (AvgIpc) is 2.52. The van der Waals surface area contributed by atoms with Crippen molar-refractivity contribution in [2.75, 3.05) is 0 Å². The van der Waals surface area contributed by atoms with Gasteiger partial charge >= 0.3 is 0 Å². The molecule has 0 N–H and O–H groups in total. The predicted octanol–water partition coefficient (Wildman–Crippen LogP) is 3.78. The fourth-order valence-electron chi connectivity index (χ4n) is 3.41. The largest absolute Gasteiger partial charge is 0.312 e. The maximum Gasteiger partial charge on any atom is 0.258 e. The third kappa shape index (κ3) is 2.50. The second-order valence-electron chi connectivity index (χ2n) is 6.16. The molecule has 0 bridgehead atoms. The fourth-order valence-corrected chi connectivity index (χ4v) is 3.41. The first-order chi connectivity index (χ1) is 10.2. The third-order valence-corrected chi connectivity index (χ3v) is 4.68. The summed E-state index contributed by atoms with van der Waals surface area (Å²) in [5, 5.41) is 5.10. The Morgan fingerprint density at radius 1 is 1.14 bits per heavy atom. The molecule has 1 saturated carbocycles. The first kappa shape index (κ1) is 14.0. The van der Waals surface area contributed by atoms with Gasteiger partial charge in [0.25, 0.3) is 5.56 Å². The minimum atomic E-state index is -0.598. The SMILES string of the molecule is Cc1cccc2c(=O)n(CC3(N=O)CCCCC3)ccc12. The van der Waals surface area contributed by atoms with Gasteiger partial charge < -0.3 is 4.57 Å². The van der Waals surface area contributed by atoms with Crippen LogP contribution in [0.15, 0.2) is 40.4 Å². The zero-order valence-corrected chi connectivity index (χ0v) is 12.3. The maximum absolute atomic E-state index is 12.6. The Balaban J connectivity index is 2.03. The van der Waals surface area contributed by atoms with E-state index in [1.54, 1.807) is 10.8 Å². The summed E-state index contributed by atoms with van der Waals surface area (Å²) in [7, 11) is 0. The number of benzene rings is 1. The van der Waals surface area contributed by atoms with Gasteiger partial charge in [0.1, 0.15) is 5.54 Å². The number of pyridine rings is 1. The van der Waals surface area contributed by atoms with Gasteiger partial charge in [-0.3, -0.25) is 4.79 Å². The van der Waals surface area contributed by atoms with Crippen molar-refractivity contribution in [1.29, 1.82) is 0 Å². The third-order valence-electron chi connectivity index (χ3n) is 4.68. The molecule has 0 aliphatic heterocycles. The maximum atomic E-state index is 12.6. The van der Waals surface area contributed by atoms with Crippen LogP contribution in [0, 0.1) is 11.8 Å². The lowest BCUT2D eigenvalue weighted by Crippen LogP contribution is -2.37. The molecule has 1 aliphatic rings. The van der Waals surface area contributed by atoms with Crippen molar-refractivity contribution in [3.8, 4) is 0 Å². The Bertz CT molecular complexity index is 727. The Morgan fingerprint density at radius 2 is 1.90 bits per heavy atom. The molecule has 21 heavy (non-hydrogen) atoms. The molecule has 0 saturated heterocycles. The number of aryl methyl sites for hydroxylation is 1. The number of hydrogen-bond acceptors (Lipinski definition) is 3.